The third-order valence-electron chi connectivity index (χ3n) is 3.08. The number of nitrogens with two attached hydrogens (primary N) is 1. The van der Waals surface area contributed by atoms with E-state index in [0.717, 1.165) is 22.5 Å². The van der Waals surface area contributed by atoms with E-state index in [0.29, 0.717) is 0 Å². The van der Waals surface area contributed by atoms with Gasteiger partial charge in [0.1, 0.15) is 0 Å². The van der Waals surface area contributed by atoms with E-state index in [-0.39, 0.29) is 11.3 Å². The van der Waals surface area contributed by atoms with Crippen LogP contribution in [0.25, 0.3) is 11.1 Å². The van der Waals surface area contributed by atoms with Crippen molar-refractivity contribution in [3.8, 4) is 11.1 Å². The van der Waals surface area contributed by atoms with Crippen molar-refractivity contribution in [3.63, 3.8) is 0 Å². The first-order chi connectivity index (χ1) is 8.41. The molecule has 0 aliphatic heterocycles. The third kappa shape index (κ3) is 1.84. The highest BCUT2D eigenvalue weighted by molar-refractivity contribution is 5.95. The van der Waals surface area contributed by atoms with Crippen molar-refractivity contribution in [1.82, 2.24) is 9.78 Å². The minimum Gasteiger partial charge on any atom is -0.478 e. The molecule has 0 radical (unpaired) electrons. The van der Waals surface area contributed by atoms with Crippen molar-refractivity contribution >= 4 is 11.7 Å². The Morgan fingerprint density at radius 2 is 2.06 bits per heavy atom. The largest absolute Gasteiger partial charge is 0.478 e. The molecule has 0 aliphatic rings. The molecule has 0 saturated carbocycles. The van der Waals surface area contributed by atoms with Crippen LogP contribution in [0.15, 0.2) is 18.2 Å². The van der Waals surface area contributed by atoms with Crippen LogP contribution in [-0.4, -0.2) is 20.9 Å². The van der Waals surface area contributed by atoms with Gasteiger partial charge < -0.3 is 10.8 Å². The lowest BCUT2D eigenvalue weighted by Gasteiger charge is -2.06. The summed E-state index contributed by atoms with van der Waals surface area (Å²) in [7, 11) is 1.86. The van der Waals surface area contributed by atoms with Crippen LogP contribution >= 0.6 is 0 Å². The normalized spacial score (nSPS) is 10.6. The second-order valence-corrected chi connectivity index (χ2v) is 4.28. The van der Waals surface area contributed by atoms with Gasteiger partial charge in [-0.3, -0.25) is 4.68 Å². The Morgan fingerprint density at radius 3 is 2.56 bits per heavy atom. The van der Waals surface area contributed by atoms with Crippen molar-refractivity contribution in [2.75, 3.05) is 5.73 Å². The lowest BCUT2D eigenvalue weighted by atomic mass is 10.0. The summed E-state index contributed by atoms with van der Waals surface area (Å²) >= 11 is 0. The summed E-state index contributed by atoms with van der Waals surface area (Å²) < 4.78 is 1.78. The van der Waals surface area contributed by atoms with E-state index in [9.17, 15) is 4.79 Å². The van der Waals surface area contributed by atoms with Crippen molar-refractivity contribution < 1.29 is 9.90 Å². The monoisotopic (exact) mass is 245 g/mol. The highest BCUT2D eigenvalue weighted by atomic mass is 16.4. The Kier molecular flexibility index (Phi) is 2.82. The van der Waals surface area contributed by atoms with E-state index in [1.807, 2.05) is 27.0 Å². The smallest absolute Gasteiger partial charge is 0.337 e. The number of nitrogens with zero attached hydrogens (tertiary/aromatic N) is 2. The Hall–Kier alpha value is -2.30. The van der Waals surface area contributed by atoms with E-state index in [1.54, 1.807) is 16.8 Å². The quantitative estimate of drug-likeness (QED) is 0.793. The van der Waals surface area contributed by atoms with Crippen LogP contribution in [0.1, 0.15) is 21.7 Å². The fourth-order valence-corrected chi connectivity index (χ4v) is 2.09. The average molecular weight is 245 g/mol. The van der Waals surface area contributed by atoms with Gasteiger partial charge in [0.25, 0.3) is 0 Å². The maximum atomic E-state index is 11.1. The number of carboxylic acid groups (broad SMARTS) is 1. The molecular formula is C13H15N3O2. The van der Waals surface area contributed by atoms with E-state index in [2.05, 4.69) is 5.10 Å². The molecule has 0 atom stereocenters. The van der Waals surface area contributed by atoms with Gasteiger partial charge in [-0.1, -0.05) is 6.07 Å². The number of carboxylic acids is 1. The van der Waals surface area contributed by atoms with Gasteiger partial charge in [-0.2, -0.15) is 5.10 Å². The number of benzene rings is 1. The third-order valence-corrected chi connectivity index (χ3v) is 3.08. The van der Waals surface area contributed by atoms with E-state index in [4.69, 9.17) is 10.8 Å². The van der Waals surface area contributed by atoms with Crippen LogP contribution in [0, 0.1) is 13.8 Å². The molecule has 0 unspecified atom stereocenters. The number of rotatable bonds is 2. The summed E-state index contributed by atoms with van der Waals surface area (Å²) in [6, 6.07) is 5.03. The molecule has 0 fully saturated rings. The van der Waals surface area contributed by atoms with Crippen LogP contribution in [-0.2, 0) is 7.05 Å². The number of anilines is 1. The highest BCUT2D eigenvalue weighted by Crippen LogP contribution is 2.29. The van der Waals surface area contributed by atoms with Gasteiger partial charge in [-0.05, 0) is 31.5 Å². The number of aromatic carboxylic acids is 1. The Morgan fingerprint density at radius 1 is 1.39 bits per heavy atom. The van der Waals surface area contributed by atoms with Crippen molar-refractivity contribution in [2.24, 2.45) is 7.05 Å². The molecule has 0 bridgehead atoms. The second-order valence-electron chi connectivity index (χ2n) is 4.28. The minimum absolute atomic E-state index is 0.121. The summed E-state index contributed by atoms with van der Waals surface area (Å²) in [5.41, 5.74) is 9.69. The van der Waals surface area contributed by atoms with Gasteiger partial charge >= 0.3 is 5.97 Å². The number of hydrogen-bond acceptors (Lipinski definition) is 3. The molecule has 5 nitrogen and oxygen atoms in total. The number of aromatic nitrogens is 2. The Bertz CT molecular complexity index is 629. The van der Waals surface area contributed by atoms with Crippen LogP contribution in [0.3, 0.4) is 0 Å². The summed E-state index contributed by atoms with van der Waals surface area (Å²) in [5, 5.41) is 13.4. The number of hydrogen-bond donors (Lipinski definition) is 2. The molecule has 94 valence electrons. The fourth-order valence-electron chi connectivity index (χ4n) is 2.09. The molecule has 1 heterocycles. The van der Waals surface area contributed by atoms with Gasteiger partial charge in [0.05, 0.1) is 11.3 Å². The zero-order valence-electron chi connectivity index (χ0n) is 10.6. The first-order valence-electron chi connectivity index (χ1n) is 5.55. The van der Waals surface area contributed by atoms with Crippen LogP contribution in [0.4, 0.5) is 5.69 Å². The second kappa shape index (κ2) is 4.18. The molecule has 5 heteroatoms. The van der Waals surface area contributed by atoms with Crippen molar-refractivity contribution in [1.29, 1.82) is 0 Å². The van der Waals surface area contributed by atoms with Gasteiger partial charge in [0, 0.05) is 24.0 Å². The molecule has 3 N–H and O–H groups in total. The molecule has 1 aromatic heterocycles. The lowest BCUT2D eigenvalue weighted by molar-refractivity contribution is 0.0698. The highest BCUT2D eigenvalue weighted by Gasteiger charge is 2.15. The molecule has 0 saturated heterocycles. The SMILES string of the molecule is Cc1nn(C)c(C)c1-c1ccc(N)c(C(=O)O)c1. The minimum atomic E-state index is -1.02. The summed E-state index contributed by atoms with van der Waals surface area (Å²) in [4.78, 5) is 11.1. The van der Waals surface area contributed by atoms with Gasteiger partial charge in [-0.15, -0.1) is 0 Å². The first-order valence-corrected chi connectivity index (χ1v) is 5.55. The summed E-state index contributed by atoms with van der Waals surface area (Å²) in [6.07, 6.45) is 0. The van der Waals surface area contributed by atoms with E-state index in [1.165, 1.54) is 0 Å². The van der Waals surface area contributed by atoms with Crippen molar-refractivity contribution in [3.05, 3.63) is 35.2 Å². The predicted molar refractivity (Wildman–Crippen MR) is 69.5 cm³/mol. The molecule has 0 amide bonds. The standard InChI is InChI=1S/C13H15N3O2/c1-7-12(8(2)16(3)15-7)9-4-5-11(14)10(6-9)13(17)18/h4-6H,14H2,1-3H3,(H,17,18). The van der Waals surface area contributed by atoms with Gasteiger partial charge in [-0.25, -0.2) is 4.79 Å². The van der Waals surface area contributed by atoms with Gasteiger partial charge in [0.2, 0.25) is 0 Å². The van der Waals surface area contributed by atoms with E-state index < -0.39 is 5.97 Å². The number of nitrogen functional groups attached to an aromatic ring is 1. The molecule has 0 spiro atoms. The van der Waals surface area contributed by atoms with Gasteiger partial charge in [0.15, 0.2) is 0 Å². The first kappa shape index (κ1) is 12.2. The van der Waals surface area contributed by atoms with Crippen LogP contribution in [0.5, 0.6) is 0 Å². The number of aryl methyl sites for hydroxylation is 2. The topological polar surface area (TPSA) is 81.1 Å². The maximum absolute atomic E-state index is 11.1. The fraction of sp³-hybridized carbons (Fsp3) is 0.231. The summed E-state index contributed by atoms with van der Waals surface area (Å²) in [5.74, 6) is -1.02. The van der Waals surface area contributed by atoms with E-state index >= 15 is 0 Å². The Balaban J connectivity index is 2.65. The van der Waals surface area contributed by atoms with Crippen LogP contribution in [0.2, 0.25) is 0 Å². The molecular weight excluding hydrogens is 230 g/mol. The Labute approximate surface area is 105 Å². The zero-order valence-corrected chi connectivity index (χ0v) is 10.6. The molecule has 2 aromatic rings. The molecule has 0 aliphatic carbocycles. The molecule has 1 aromatic carbocycles. The van der Waals surface area contributed by atoms with Crippen LogP contribution < -0.4 is 5.73 Å². The maximum Gasteiger partial charge on any atom is 0.337 e. The average Bonchev–Trinajstić information content (AvgIpc) is 2.54. The zero-order chi connectivity index (χ0) is 13.4. The molecule has 18 heavy (non-hydrogen) atoms. The predicted octanol–water partition coefficient (Wildman–Crippen LogP) is 1.98. The lowest BCUT2D eigenvalue weighted by Crippen LogP contribution is -2.02. The summed E-state index contributed by atoms with van der Waals surface area (Å²) in [6.45, 7) is 3.85. The molecule has 2 rings (SSSR count). The van der Waals surface area contributed by atoms with Crippen molar-refractivity contribution in [2.45, 2.75) is 13.8 Å². The number of carbonyl (C=O) groups is 1.